The second-order valence-electron chi connectivity index (χ2n) is 11.3. The molecule has 0 saturated heterocycles. The number of esters is 1. The molecule has 3 rings (SSSR count). The average Bonchev–Trinajstić information content (AvgIpc) is 2.76. The second kappa shape index (κ2) is 12.5. The molecule has 3 atom stereocenters. The van der Waals surface area contributed by atoms with Crippen LogP contribution in [0.25, 0.3) is 0 Å². The van der Waals surface area contributed by atoms with E-state index in [9.17, 15) is 4.79 Å². The molecule has 0 bridgehead atoms. The van der Waals surface area contributed by atoms with Gasteiger partial charge in [-0.15, -0.1) is 0 Å². The highest BCUT2D eigenvalue weighted by atomic mass is 16.5. The van der Waals surface area contributed by atoms with E-state index in [2.05, 4.69) is 20.8 Å². The molecular weight excluding hydrogens is 368 g/mol. The van der Waals surface area contributed by atoms with Crippen LogP contribution in [0.4, 0.5) is 0 Å². The highest BCUT2D eigenvalue weighted by Crippen LogP contribution is 2.45. The van der Waals surface area contributed by atoms with Gasteiger partial charge in [-0.3, -0.25) is 4.79 Å². The predicted octanol–water partition coefficient (Wildman–Crippen LogP) is 8.33. The lowest BCUT2D eigenvalue weighted by Crippen LogP contribution is -2.34. The maximum Gasteiger partial charge on any atom is 0.309 e. The van der Waals surface area contributed by atoms with Crippen LogP contribution in [0, 0.1) is 35.5 Å². The molecule has 0 aliphatic heterocycles. The van der Waals surface area contributed by atoms with E-state index in [0.717, 1.165) is 55.3 Å². The second-order valence-corrected chi connectivity index (χ2v) is 11.3. The molecule has 174 valence electrons. The summed E-state index contributed by atoms with van der Waals surface area (Å²) in [6, 6.07) is 0. The zero-order valence-electron chi connectivity index (χ0n) is 20.4. The van der Waals surface area contributed by atoms with Crippen molar-refractivity contribution in [1.29, 1.82) is 0 Å². The fraction of sp³-hybridized carbons (Fsp3) is 0.964. The first-order valence-corrected chi connectivity index (χ1v) is 13.8. The molecule has 2 heteroatoms. The predicted molar refractivity (Wildman–Crippen MR) is 126 cm³/mol. The quantitative estimate of drug-likeness (QED) is 0.278. The Morgan fingerprint density at radius 1 is 0.767 bits per heavy atom. The van der Waals surface area contributed by atoms with Gasteiger partial charge in [-0.1, -0.05) is 65.7 Å². The molecule has 0 amide bonds. The van der Waals surface area contributed by atoms with Crippen molar-refractivity contribution >= 4 is 5.97 Å². The number of hydrogen-bond acceptors (Lipinski definition) is 2. The topological polar surface area (TPSA) is 26.3 Å². The van der Waals surface area contributed by atoms with E-state index in [-0.39, 0.29) is 18.0 Å². The van der Waals surface area contributed by atoms with Crippen molar-refractivity contribution in [3.63, 3.8) is 0 Å². The van der Waals surface area contributed by atoms with E-state index in [1.165, 1.54) is 83.5 Å². The summed E-state index contributed by atoms with van der Waals surface area (Å²) >= 11 is 0. The molecule has 3 aliphatic rings. The van der Waals surface area contributed by atoms with Gasteiger partial charge in [0.05, 0.1) is 5.92 Å². The lowest BCUT2D eigenvalue weighted by Gasteiger charge is -2.41. The van der Waals surface area contributed by atoms with Crippen LogP contribution in [-0.2, 0) is 9.53 Å². The standard InChI is InChI=1S/C28H50O2/c1-4-6-7-9-23-12-19-27(21(3)20-23)24-13-15-25(16-14-24)28(29)30-26-17-10-22(8-5-2)11-18-26/h21-27H,4-20H2,1-3H3. The minimum absolute atomic E-state index is 0.139. The third kappa shape index (κ3) is 6.99. The summed E-state index contributed by atoms with van der Waals surface area (Å²) in [5, 5.41) is 0. The Kier molecular flexibility index (Phi) is 10.0. The van der Waals surface area contributed by atoms with Gasteiger partial charge in [0, 0.05) is 0 Å². The summed E-state index contributed by atoms with van der Waals surface area (Å²) in [4.78, 5) is 12.8. The summed E-state index contributed by atoms with van der Waals surface area (Å²) in [5.74, 6) is 4.86. The van der Waals surface area contributed by atoms with Gasteiger partial charge in [0.25, 0.3) is 0 Å². The summed E-state index contributed by atoms with van der Waals surface area (Å²) in [6.45, 7) is 7.11. The van der Waals surface area contributed by atoms with Crippen molar-refractivity contribution in [3.05, 3.63) is 0 Å². The Balaban J connectivity index is 1.35. The molecule has 0 spiro atoms. The highest BCUT2D eigenvalue weighted by molar-refractivity contribution is 5.72. The zero-order valence-corrected chi connectivity index (χ0v) is 20.4. The largest absolute Gasteiger partial charge is 0.462 e. The summed E-state index contributed by atoms with van der Waals surface area (Å²) in [7, 11) is 0. The van der Waals surface area contributed by atoms with Crippen molar-refractivity contribution in [2.75, 3.05) is 0 Å². The van der Waals surface area contributed by atoms with Crippen molar-refractivity contribution < 1.29 is 9.53 Å². The van der Waals surface area contributed by atoms with Gasteiger partial charge in [0.1, 0.15) is 6.10 Å². The van der Waals surface area contributed by atoms with E-state index in [1.54, 1.807) is 0 Å². The summed E-state index contributed by atoms with van der Waals surface area (Å²) in [5.41, 5.74) is 0. The number of unbranched alkanes of at least 4 members (excludes halogenated alkanes) is 2. The first-order valence-electron chi connectivity index (χ1n) is 13.8. The molecule has 3 aliphatic carbocycles. The van der Waals surface area contributed by atoms with Gasteiger partial charge in [0.2, 0.25) is 0 Å². The molecule has 0 radical (unpaired) electrons. The molecule has 3 unspecified atom stereocenters. The average molecular weight is 419 g/mol. The normalized spacial score (nSPS) is 37.6. The van der Waals surface area contributed by atoms with E-state index < -0.39 is 0 Å². The Morgan fingerprint density at radius 3 is 2.10 bits per heavy atom. The number of hydrogen-bond donors (Lipinski definition) is 0. The zero-order chi connectivity index (χ0) is 21.3. The van der Waals surface area contributed by atoms with Crippen LogP contribution in [0.3, 0.4) is 0 Å². The van der Waals surface area contributed by atoms with Crippen LogP contribution >= 0.6 is 0 Å². The number of carbonyl (C=O) groups is 1. The lowest BCUT2D eigenvalue weighted by molar-refractivity contribution is -0.157. The Morgan fingerprint density at radius 2 is 1.47 bits per heavy atom. The Bertz CT molecular complexity index is 485. The van der Waals surface area contributed by atoms with Gasteiger partial charge in [-0.05, 0) is 93.8 Å². The molecule has 0 heterocycles. The van der Waals surface area contributed by atoms with Gasteiger partial charge < -0.3 is 4.74 Å². The molecule has 0 aromatic heterocycles. The van der Waals surface area contributed by atoms with Crippen molar-refractivity contribution in [2.45, 2.75) is 136 Å². The van der Waals surface area contributed by atoms with Crippen LogP contribution in [0.1, 0.15) is 130 Å². The third-order valence-corrected chi connectivity index (χ3v) is 9.04. The summed E-state index contributed by atoms with van der Waals surface area (Å²) < 4.78 is 5.98. The fourth-order valence-electron chi connectivity index (χ4n) is 7.17. The van der Waals surface area contributed by atoms with Crippen LogP contribution in [0.15, 0.2) is 0 Å². The van der Waals surface area contributed by atoms with Gasteiger partial charge in [-0.2, -0.15) is 0 Å². The fourth-order valence-corrected chi connectivity index (χ4v) is 7.17. The van der Waals surface area contributed by atoms with Crippen LogP contribution in [0.2, 0.25) is 0 Å². The number of ether oxygens (including phenoxy) is 1. The van der Waals surface area contributed by atoms with Gasteiger partial charge >= 0.3 is 5.97 Å². The van der Waals surface area contributed by atoms with E-state index in [0.29, 0.717) is 0 Å². The van der Waals surface area contributed by atoms with Crippen molar-refractivity contribution in [2.24, 2.45) is 35.5 Å². The van der Waals surface area contributed by atoms with E-state index in [4.69, 9.17) is 4.74 Å². The van der Waals surface area contributed by atoms with Gasteiger partial charge in [-0.25, -0.2) is 0 Å². The SMILES string of the molecule is CCCCCC1CCC(C2CCC(C(=O)OC3CCC(CCC)CC3)CC2)C(C)C1. The van der Waals surface area contributed by atoms with Crippen LogP contribution in [0.5, 0.6) is 0 Å². The first kappa shape index (κ1) is 24.1. The Hall–Kier alpha value is -0.530. The minimum Gasteiger partial charge on any atom is -0.462 e. The van der Waals surface area contributed by atoms with Crippen molar-refractivity contribution in [3.8, 4) is 0 Å². The molecule has 0 aromatic carbocycles. The van der Waals surface area contributed by atoms with E-state index >= 15 is 0 Å². The molecule has 30 heavy (non-hydrogen) atoms. The molecule has 3 fully saturated rings. The molecule has 0 aromatic rings. The minimum atomic E-state index is 0.139. The number of carbonyl (C=O) groups excluding carboxylic acids is 1. The maximum atomic E-state index is 12.8. The first-order chi connectivity index (χ1) is 14.6. The molecule has 0 N–H and O–H groups in total. The van der Waals surface area contributed by atoms with E-state index in [1.807, 2.05) is 0 Å². The van der Waals surface area contributed by atoms with Gasteiger partial charge in [0.15, 0.2) is 0 Å². The number of rotatable bonds is 9. The monoisotopic (exact) mass is 418 g/mol. The Labute approximate surface area is 187 Å². The highest BCUT2D eigenvalue weighted by Gasteiger charge is 2.37. The smallest absolute Gasteiger partial charge is 0.309 e. The summed E-state index contributed by atoms with van der Waals surface area (Å²) in [6.07, 6.45) is 22.3. The maximum absolute atomic E-state index is 12.8. The van der Waals surface area contributed by atoms with Crippen LogP contribution in [-0.4, -0.2) is 12.1 Å². The molecular formula is C28H50O2. The lowest BCUT2D eigenvalue weighted by atomic mass is 9.64. The third-order valence-electron chi connectivity index (χ3n) is 9.04. The van der Waals surface area contributed by atoms with Crippen LogP contribution < -0.4 is 0 Å². The van der Waals surface area contributed by atoms with Crippen molar-refractivity contribution in [1.82, 2.24) is 0 Å². The molecule has 2 nitrogen and oxygen atoms in total. The molecule has 3 saturated carbocycles.